The molecule has 2 unspecified atom stereocenters. The topological polar surface area (TPSA) is 72.8 Å². The summed E-state index contributed by atoms with van der Waals surface area (Å²) in [5, 5.41) is 0. The van der Waals surface area contributed by atoms with E-state index in [9.17, 15) is 9.13 Å². The zero-order valence-electron chi connectivity index (χ0n) is 6.47. The van der Waals surface area contributed by atoms with Crippen LogP contribution in [0.4, 0.5) is 0 Å². The lowest BCUT2D eigenvalue weighted by atomic mass is 11.8. The van der Waals surface area contributed by atoms with Crippen molar-refractivity contribution < 1.29 is 22.5 Å². The summed E-state index contributed by atoms with van der Waals surface area (Å²) in [6, 6.07) is 0. The molecule has 0 fully saturated rings. The third kappa shape index (κ3) is 8.20. The molecule has 0 aliphatic carbocycles. The summed E-state index contributed by atoms with van der Waals surface area (Å²) in [5.41, 5.74) is 0. The minimum atomic E-state index is -2.83. The van der Waals surface area contributed by atoms with Gasteiger partial charge in [0.05, 0.1) is 0 Å². The van der Waals surface area contributed by atoms with Crippen molar-refractivity contribution in [1.29, 1.82) is 0 Å². The SMILES string of the molecule is C[Si](C)(C)O[P+](=O)O[P+](=O)O. The van der Waals surface area contributed by atoms with E-state index in [1.807, 2.05) is 0 Å². The van der Waals surface area contributed by atoms with Gasteiger partial charge in [-0.05, 0) is 19.6 Å². The summed E-state index contributed by atoms with van der Waals surface area (Å²) in [6.45, 7) is 5.40. The molecule has 0 heterocycles. The van der Waals surface area contributed by atoms with Gasteiger partial charge >= 0.3 is 16.5 Å². The van der Waals surface area contributed by atoms with E-state index in [0.717, 1.165) is 0 Å². The van der Waals surface area contributed by atoms with Crippen molar-refractivity contribution >= 4 is 24.8 Å². The van der Waals surface area contributed by atoms with Crippen LogP contribution in [0.2, 0.25) is 19.6 Å². The van der Waals surface area contributed by atoms with Gasteiger partial charge in [-0.2, -0.15) is 4.21 Å². The molecule has 2 atom stereocenters. The fraction of sp³-hybridized carbons (Fsp3) is 1.00. The summed E-state index contributed by atoms with van der Waals surface area (Å²) in [7, 11) is -7.19. The monoisotopic (exact) mass is 216 g/mol. The fourth-order valence-electron chi connectivity index (χ4n) is 0.297. The first-order chi connectivity index (χ1) is 4.81. The molecule has 0 aromatic heterocycles. The molecule has 11 heavy (non-hydrogen) atoms. The smallest absolute Gasteiger partial charge is 0.173 e. The second kappa shape index (κ2) is 4.35. The molecule has 0 aliphatic rings. The van der Waals surface area contributed by atoms with E-state index < -0.39 is 24.8 Å². The van der Waals surface area contributed by atoms with Crippen LogP contribution in [0.3, 0.4) is 0 Å². The van der Waals surface area contributed by atoms with Gasteiger partial charge in [-0.1, -0.05) is 0 Å². The molecule has 0 saturated heterocycles. The van der Waals surface area contributed by atoms with Crippen molar-refractivity contribution in [3.8, 4) is 0 Å². The van der Waals surface area contributed by atoms with Crippen LogP contribution in [0.1, 0.15) is 0 Å². The maximum Gasteiger partial charge on any atom is 0.745 e. The highest BCUT2D eigenvalue weighted by Crippen LogP contribution is 2.38. The molecule has 0 spiro atoms. The fourth-order valence-corrected chi connectivity index (χ4v) is 2.98. The normalized spacial score (nSPS) is 14.5. The predicted octanol–water partition coefficient (Wildman–Crippen LogP) is 2.16. The Morgan fingerprint density at radius 3 is 2.00 bits per heavy atom. The van der Waals surface area contributed by atoms with Crippen LogP contribution < -0.4 is 0 Å². The molecular formula is C3H10O5P2Si+2. The highest BCUT2D eigenvalue weighted by molar-refractivity contribution is 7.48. The summed E-state index contributed by atoms with van der Waals surface area (Å²) in [6.07, 6.45) is 0. The van der Waals surface area contributed by atoms with E-state index in [1.54, 1.807) is 19.6 Å². The van der Waals surface area contributed by atoms with Gasteiger partial charge in [0, 0.05) is 9.13 Å². The molecule has 1 N–H and O–H groups in total. The highest BCUT2D eigenvalue weighted by atomic mass is 31.2. The Morgan fingerprint density at radius 2 is 1.73 bits per heavy atom. The molecule has 0 aromatic carbocycles. The van der Waals surface area contributed by atoms with Crippen molar-refractivity contribution in [3.05, 3.63) is 0 Å². The van der Waals surface area contributed by atoms with E-state index in [4.69, 9.17) is 9.11 Å². The molecule has 0 aromatic rings. The molecule has 5 nitrogen and oxygen atoms in total. The second-order valence-electron chi connectivity index (χ2n) is 2.75. The molecule has 0 radical (unpaired) electrons. The van der Waals surface area contributed by atoms with Gasteiger partial charge in [0.1, 0.15) is 0 Å². The summed E-state index contributed by atoms with van der Waals surface area (Å²) < 4.78 is 29.5. The lowest BCUT2D eigenvalue weighted by Gasteiger charge is -2.01. The van der Waals surface area contributed by atoms with E-state index in [1.165, 1.54) is 0 Å². The van der Waals surface area contributed by atoms with Crippen molar-refractivity contribution in [2.45, 2.75) is 19.6 Å². The van der Waals surface area contributed by atoms with Crippen molar-refractivity contribution in [2.75, 3.05) is 0 Å². The Balaban J connectivity index is 3.80. The summed E-state index contributed by atoms with van der Waals surface area (Å²) in [4.78, 5) is 8.16. The summed E-state index contributed by atoms with van der Waals surface area (Å²) >= 11 is 0. The third-order valence-electron chi connectivity index (χ3n) is 0.485. The zero-order valence-corrected chi connectivity index (χ0v) is 9.26. The average Bonchev–Trinajstić information content (AvgIpc) is 1.53. The van der Waals surface area contributed by atoms with Crippen molar-refractivity contribution in [3.63, 3.8) is 0 Å². The Kier molecular flexibility index (Phi) is 4.47. The van der Waals surface area contributed by atoms with E-state index >= 15 is 0 Å². The molecule has 0 amide bonds. The quantitative estimate of drug-likeness (QED) is 0.575. The minimum absolute atomic E-state index is 1.80. The Labute approximate surface area is 67.8 Å². The van der Waals surface area contributed by atoms with Gasteiger partial charge in [-0.3, -0.25) is 0 Å². The van der Waals surface area contributed by atoms with Crippen LogP contribution >= 0.6 is 16.5 Å². The first-order valence-corrected chi connectivity index (χ1v) is 8.45. The molecule has 0 rings (SSSR count). The van der Waals surface area contributed by atoms with E-state index in [0.29, 0.717) is 0 Å². The standard InChI is InChI=1S/C3H9O5P2Si/c1-11(2,3)8-10(6)7-9(4)5/h1-3H3/q+1/p+1. The van der Waals surface area contributed by atoms with Crippen LogP contribution in [0.5, 0.6) is 0 Å². The Morgan fingerprint density at radius 1 is 1.27 bits per heavy atom. The van der Waals surface area contributed by atoms with Gasteiger partial charge in [-0.25, -0.2) is 0 Å². The molecule has 64 valence electrons. The second-order valence-corrected chi connectivity index (χ2v) is 9.28. The Bertz CT molecular complexity index is 175. The maximum absolute atomic E-state index is 10.7. The van der Waals surface area contributed by atoms with Gasteiger partial charge in [0.25, 0.3) is 8.32 Å². The summed E-state index contributed by atoms with van der Waals surface area (Å²) in [5.74, 6) is 0. The lowest BCUT2D eigenvalue weighted by molar-refractivity contribution is 0.374. The number of rotatable bonds is 4. The first kappa shape index (κ1) is 11.3. The number of hydrogen-bond donors (Lipinski definition) is 1. The highest BCUT2D eigenvalue weighted by Gasteiger charge is 2.41. The first-order valence-electron chi connectivity index (χ1n) is 2.82. The van der Waals surface area contributed by atoms with Gasteiger partial charge in [-0.15, -0.1) is 4.89 Å². The maximum atomic E-state index is 10.7. The minimum Gasteiger partial charge on any atom is -0.173 e. The van der Waals surface area contributed by atoms with E-state index in [2.05, 4.69) is 4.31 Å². The van der Waals surface area contributed by atoms with Crippen LogP contribution in [0, 0.1) is 0 Å². The largest absolute Gasteiger partial charge is 0.745 e. The van der Waals surface area contributed by atoms with Gasteiger partial charge < -0.3 is 0 Å². The average molecular weight is 216 g/mol. The predicted molar refractivity (Wildman–Crippen MR) is 42.9 cm³/mol. The van der Waals surface area contributed by atoms with Crippen LogP contribution in [-0.2, 0) is 17.7 Å². The van der Waals surface area contributed by atoms with Crippen LogP contribution in [0.25, 0.3) is 0 Å². The zero-order chi connectivity index (χ0) is 9.07. The molecule has 0 saturated carbocycles. The third-order valence-corrected chi connectivity index (χ3v) is 4.36. The molecule has 8 heteroatoms. The molecular weight excluding hydrogens is 206 g/mol. The molecule has 0 aliphatic heterocycles. The van der Waals surface area contributed by atoms with Crippen LogP contribution in [-0.4, -0.2) is 13.2 Å². The van der Waals surface area contributed by atoms with Crippen molar-refractivity contribution in [1.82, 2.24) is 0 Å². The lowest BCUT2D eigenvalue weighted by Crippen LogP contribution is -2.21. The van der Waals surface area contributed by atoms with Crippen LogP contribution in [0.15, 0.2) is 0 Å². The van der Waals surface area contributed by atoms with Gasteiger partial charge in [0.15, 0.2) is 4.31 Å². The van der Waals surface area contributed by atoms with Crippen molar-refractivity contribution in [2.24, 2.45) is 0 Å². The molecule has 0 bridgehead atoms. The van der Waals surface area contributed by atoms with E-state index in [-0.39, 0.29) is 0 Å². The number of hydrogen-bond acceptors (Lipinski definition) is 4. The van der Waals surface area contributed by atoms with Gasteiger partial charge in [0.2, 0.25) is 0 Å². The Hall–Kier alpha value is 0.297.